The molecule has 0 saturated carbocycles. The molecule has 0 unspecified atom stereocenters. The van der Waals surface area contributed by atoms with Gasteiger partial charge in [-0.25, -0.2) is 9.97 Å². The van der Waals surface area contributed by atoms with Gasteiger partial charge in [-0.2, -0.15) is 0 Å². The Labute approximate surface area is 121 Å². The van der Waals surface area contributed by atoms with Crippen LogP contribution >= 0.6 is 0 Å². The largest absolute Gasteiger partial charge is 0.496 e. The molecule has 0 saturated heterocycles. The molecule has 2 heterocycles. The van der Waals surface area contributed by atoms with Crippen LogP contribution < -0.4 is 10.1 Å². The summed E-state index contributed by atoms with van der Waals surface area (Å²) < 4.78 is 5.25. The number of aromatic amines is 1. The molecule has 0 aliphatic rings. The molecule has 1 aromatic carbocycles. The summed E-state index contributed by atoms with van der Waals surface area (Å²) in [6.45, 7) is 0.393. The number of fused-ring (bicyclic) bond motifs is 1. The van der Waals surface area contributed by atoms with Crippen LogP contribution in [0.15, 0.2) is 42.9 Å². The number of hydrogen-bond donors (Lipinski definition) is 2. The highest BCUT2D eigenvalue weighted by Crippen LogP contribution is 2.17. The van der Waals surface area contributed by atoms with Crippen molar-refractivity contribution in [2.75, 3.05) is 7.11 Å². The first-order valence-electron chi connectivity index (χ1n) is 6.47. The molecule has 6 heteroatoms. The van der Waals surface area contributed by atoms with Gasteiger partial charge in [-0.1, -0.05) is 18.2 Å². The van der Waals surface area contributed by atoms with Gasteiger partial charge in [0.05, 0.1) is 24.5 Å². The van der Waals surface area contributed by atoms with E-state index in [1.54, 1.807) is 19.5 Å². The lowest BCUT2D eigenvalue weighted by molar-refractivity contribution is 0.0950. The maximum absolute atomic E-state index is 12.2. The Balaban J connectivity index is 1.74. The Bertz CT molecular complexity index is 782. The van der Waals surface area contributed by atoms with Crippen molar-refractivity contribution in [3.8, 4) is 5.75 Å². The number of benzene rings is 1. The molecule has 2 aromatic heterocycles. The first kappa shape index (κ1) is 13.1. The number of ether oxygens (including phenoxy) is 1. The van der Waals surface area contributed by atoms with E-state index in [0.29, 0.717) is 17.8 Å². The average molecular weight is 282 g/mol. The molecule has 106 valence electrons. The Morgan fingerprint density at radius 1 is 1.33 bits per heavy atom. The zero-order valence-corrected chi connectivity index (χ0v) is 11.5. The third kappa shape index (κ3) is 2.69. The van der Waals surface area contributed by atoms with Gasteiger partial charge in [-0.3, -0.25) is 4.79 Å². The summed E-state index contributed by atoms with van der Waals surface area (Å²) in [5.41, 5.74) is 2.74. The zero-order chi connectivity index (χ0) is 14.7. The van der Waals surface area contributed by atoms with Crippen molar-refractivity contribution >= 4 is 17.1 Å². The van der Waals surface area contributed by atoms with Crippen LogP contribution in [-0.2, 0) is 6.54 Å². The van der Waals surface area contributed by atoms with E-state index in [-0.39, 0.29) is 5.91 Å². The molecule has 3 rings (SSSR count). The number of nitrogens with one attached hydrogen (secondary N) is 2. The smallest absolute Gasteiger partial charge is 0.253 e. The van der Waals surface area contributed by atoms with Crippen molar-refractivity contribution in [3.63, 3.8) is 0 Å². The summed E-state index contributed by atoms with van der Waals surface area (Å²) in [6.07, 6.45) is 3.06. The van der Waals surface area contributed by atoms with Gasteiger partial charge in [0.25, 0.3) is 5.91 Å². The van der Waals surface area contributed by atoms with E-state index in [1.807, 2.05) is 24.3 Å². The molecular weight excluding hydrogens is 268 g/mol. The second-order valence-electron chi connectivity index (χ2n) is 4.49. The molecule has 0 aliphatic carbocycles. The van der Waals surface area contributed by atoms with E-state index >= 15 is 0 Å². The van der Waals surface area contributed by atoms with Gasteiger partial charge in [-0.05, 0) is 12.1 Å². The molecule has 21 heavy (non-hydrogen) atoms. The normalized spacial score (nSPS) is 10.5. The summed E-state index contributed by atoms with van der Waals surface area (Å²) in [7, 11) is 1.61. The van der Waals surface area contributed by atoms with Gasteiger partial charge in [0.15, 0.2) is 5.65 Å². The molecule has 3 aromatic rings. The minimum Gasteiger partial charge on any atom is -0.496 e. The molecular formula is C15H14N4O2. The van der Waals surface area contributed by atoms with E-state index in [9.17, 15) is 4.79 Å². The number of amides is 1. The molecule has 6 nitrogen and oxygen atoms in total. The summed E-state index contributed by atoms with van der Waals surface area (Å²) in [4.78, 5) is 23.2. The molecule has 1 amide bonds. The second-order valence-corrected chi connectivity index (χ2v) is 4.49. The van der Waals surface area contributed by atoms with Gasteiger partial charge >= 0.3 is 0 Å². The SMILES string of the molecule is COc1ccccc1CNC(=O)c1cnc2nc[nH]c2c1. The van der Waals surface area contributed by atoms with Crippen LogP contribution in [0.4, 0.5) is 0 Å². The van der Waals surface area contributed by atoms with Crippen LogP contribution in [0.3, 0.4) is 0 Å². The van der Waals surface area contributed by atoms with Gasteiger partial charge in [-0.15, -0.1) is 0 Å². The maximum atomic E-state index is 12.2. The number of rotatable bonds is 4. The number of carbonyl (C=O) groups is 1. The third-order valence-electron chi connectivity index (χ3n) is 3.17. The number of H-pyrrole nitrogens is 1. The number of para-hydroxylation sites is 1. The standard InChI is InChI=1S/C15H14N4O2/c1-21-13-5-3-2-4-10(13)7-17-15(20)11-6-12-14(16-8-11)19-9-18-12/h2-6,8-9H,7H2,1H3,(H,17,20)(H,16,18,19). The predicted octanol–water partition coefficient (Wildman–Crippen LogP) is 1.90. The van der Waals surface area contributed by atoms with Crippen molar-refractivity contribution < 1.29 is 9.53 Å². The third-order valence-corrected chi connectivity index (χ3v) is 3.17. The number of carbonyl (C=O) groups excluding carboxylic acids is 1. The topological polar surface area (TPSA) is 79.9 Å². The first-order valence-corrected chi connectivity index (χ1v) is 6.47. The van der Waals surface area contributed by atoms with Gasteiger partial charge in [0, 0.05) is 18.3 Å². The Hall–Kier alpha value is -2.89. The van der Waals surface area contributed by atoms with Crippen molar-refractivity contribution in [1.82, 2.24) is 20.3 Å². The van der Waals surface area contributed by atoms with Crippen LogP contribution in [-0.4, -0.2) is 28.0 Å². The molecule has 0 fully saturated rings. The minimum absolute atomic E-state index is 0.190. The average Bonchev–Trinajstić information content (AvgIpc) is 3.00. The van der Waals surface area contributed by atoms with Crippen molar-refractivity contribution in [2.24, 2.45) is 0 Å². The lowest BCUT2D eigenvalue weighted by Gasteiger charge is -2.09. The van der Waals surface area contributed by atoms with Gasteiger partial charge < -0.3 is 15.0 Å². The number of pyridine rings is 1. The molecule has 2 N–H and O–H groups in total. The van der Waals surface area contributed by atoms with Crippen LogP contribution in [0.2, 0.25) is 0 Å². The lowest BCUT2D eigenvalue weighted by atomic mass is 10.2. The fraction of sp³-hybridized carbons (Fsp3) is 0.133. The highest BCUT2D eigenvalue weighted by Gasteiger charge is 2.09. The van der Waals surface area contributed by atoms with E-state index in [2.05, 4.69) is 20.3 Å². The Kier molecular flexibility index (Phi) is 3.51. The van der Waals surface area contributed by atoms with E-state index in [1.165, 1.54) is 6.20 Å². The Morgan fingerprint density at radius 2 is 2.19 bits per heavy atom. The fourth-order valence-electron chi connectivity index (χ4n) is 2.08. The maximum Gasteiger partial charge on any atom is 0.253 e. The molecule has 0 bridgehead atoms. The highest BCUT2D eigenvalue weighted by molar-refractivity contribution is 5.96. The molecule has 0 aliphatic heterocycles. The summed E-state index contributed by atoms with van der Waals surface area (Å²) >= 11 is 0. The van der Waals surface area contributed by atoms with E-state index in [4.69, 9.17) is 4.74 Å². The molecule has 0 radical (unpaired) electrons. The molecule has 0 atom stereocenters. The number of hydrogen-bond acceptors (Lipinski definition) is 4. The fourth-order valence-corrected chi connectivity index (χ4v) is 2.08. The summed E-state index contributed by atoms with van der Waals surface area (Å²) in [5, 5.41) is 2.85. The Morgan fingerprint density at radius 3 is 3.05 bits per heavy atom. The quantitative estimate of drug-likeness (QED) is 0.766. The summed E-state index contributed by atoms with van der Waals surface area (Å²) in [5.74, 6) is 0.560. The number of aromatic nitrogens is 3. The minimum atomic E-state index is -0.190. The van der Waals surface area contributed by atoms with Gasteiger partial charge in [0.2, 0.25) is 0 Å². The van der Waals surface area contributed by atoms with Crippen molar-refractivity contribution in [2.45, 2.75) is 6.54 Å². The van der Waals surface area contributed by atoms with Crippen LogP contribution in [0.1, 0.15) is 15.9 Å². The highest BCUT2D eigenvalue weighted by atomic mass is 16.5. The first-order chi connectivity index (χ1) is 10.3. The lowest BCUT2D eigenvalue weighted by Crippen LogP contribution is -2.23. The van der Waals surface area contributed by atoms with Crippen LogP contribution in [0.5, 0.6) is 5.75 Å². The predicted molar refractivity (Wildman–Crippen MR) is 78.1 cm³/mol. The van der Waals surface area contributed by atoms with Crippen molar-refractivity contribution in [3.05, 3.63) is 54.0 Å². The van der Waals surface area contributed by atoms with Crippen LogP contribution in [0, 0.1) is 0 Å². The van der Waals surface area contributed by atoms with E-state index in [0.717, 1.165) is 16.8 Å². The molecule has 0 spiro atoms. The second kappa shape index (κ2) is 5.62. The zero-order valence-electron chi connectivity index (χ0n) is 11.5. The number of methoxy groups -OCH3 is 1. The monoisotopic (exact) mass is 282 g/mol. The van der Waals surface area contributed by atoms with Crippen molar-refractivity contribution in [1.29, 1.82) is 0 Å². The number of imidazole rings is 1. The van der Waals surface area contributed by atoms with Crippen LogP contribution in [0.25, 0.3) is 11.2 Å². The van der Waals surface area contributed by atoms with Gasteiger partial charge in [0.1, 0.15) is 5.75 Å². The number of nitrogens with zero attached hydrogens (tertiary/aromatic N) is 2. The summed E-state index contributed by atoms with van der Waals surface area (Å²) in [6, 6.07) is 9.30. The van der Waals surface area contributed by atoms with E-state index < -0.39 is 0 Å².